The number of carbonyl (C=O) groups is 2. The minimum atomic E-state index is -2.00. The lowest BCUT2D eigenvalue weighted by Crippen LogP contribution is -2.49. The van der Waals surface area contributed by atoms with E-state index in [0.29, 0.717) is 12.2 Å². The molecule has 0 aliphatic carbocycles. The number of amides is 1. The number of aliphatic carboxylic acids is 1. The monoisotopic (exact) mass is 295 g/mol. The first-order chi connectivity index (χ1) is 9.76. The number of carboxylic acids is 1. The maximum Gasteiger partial charge on any atom is 0.337 e. The highest BCUT2D eigenvalue weighted by Gasteiger charge is 2.31. The quantitative estimate of drug-likeness (QED) is 0.700. The van der Waals surface area contributed by atoms with Gasteiger partial charge in [0.15, 0.2) is 11.7 Å². The van der Waals surface area contributed by atoms with Crippen molar-refractivity contribution >= 4 is 11.9 Å². The molecule has 6 nitrogen and oxygen atoms in total. The Morgan fingerprint density at radius 3 is 2.62 bits per heavy atom. The van der Waals surface area contributed by atoms with Crippen molar-refractivity contribution in [1.29, 1.82) is 0 Å². The topological polar surface area (TPSA) is 95.9 Å². The molecule has 0 aliphatic heterocycles. The largest absolute Gasteiger partial charge is 0.481 e. The molecule has 0 saturated carbocycles. The van der Waals surface area contributed by atoms with E-state index >= 15 is 0 Å². The second kappa shape index (κ2) is 7.08. The molecule has 2 atom stereocenters. The Labute approximate surface area is 123 Å². The molecule has 116 valence electrons. The molecule has 0 aliphatic rings. The van der Waals surface area contributed by atoms with Crippen molar-refractivity contribution in [3.05, 3.63) is 29.8 Å². The van der Waals surface area contributed by atoms with Gasteiger partial charge in [-0.2, -0.15) is 0 Å². The van der Waals surface area contributed by atoms with Crippen LogP contribution in [0.2, 0.25) is 0 Å². The van der Waals surface area contributed by atoms with Crippen LogP contribution in [0, 0.1) is 6.92 Å². The Balaban J connectivity index is 2.64. The van der Waals surface area contributed by atoms with Gasteiger partial charge in [-0.1, -0.05) is 19.1 Å². The smallest absolute Gasteiger partial charge is 0.337 e. The van der Waals surface area contributed by atoms with Gasteiger partial charge < -0.3 is 20.3 Å². The SMILES string of the molecule is CCC(Oc1cccc(C)c1)C(=O)NCC(C)(O)C(=O)O. The van der Waals surface area contributed by atoms with Gasteiger partial charge in [0.25, 0.3) is 5.91 Å². The summed E-state index contributed by atoms with van der Waals surface area (Å²) in [7, 11) is 0. The van der Waals surface area contributed by atoms with Crippen molar-refractivity contribution in [1.82, 2.24) is 5.32 Å². The van der Waals surface area contributed by atoms with Gasteiger partial charge in [-0.25, -0.2) is 4.79 Å². The summed E-state index contributed by atoms with van der Waals surface area (Å²) in [6.45, 7) is 4.44. The third-order valence-electron chi connectivity index (χ3n) is 3.00. The molecule has 0 radical (unpaired) electrons. The van der Waals surface area contributed by atoms with Crippen LogP contribution in [-0.4, -0.2) is 40.3 Å². The van der Waals surface area contributed by atoms with Crippen LogP contribution in [0.1, 0.15) is 25.8 Å². The van der Waals surface area contributed by atoms with Crippen molar-refractivity contribution in [2.24, 2.45) is 0 Å². The van der Waals surface area contributed by atoms with Crippen LogP contribution in [0.25, 0.3) is 0 Å². The molecule has 3 N–H and O–H groups in total. The predicted molar refractivity (Wildman–Crippen MR) is 77.2 cm³/mol. The maximum atomic E-state index is 12.0. The number of rotatable bonds is 7. The molecular formula is C15H21NO5. The first-order valence-corrected chi connectivity index (χ1v) is 6.73. The van der Waals surface area contributed by atoms with E-state index in [1.54, 1.807) is 13.0 Å². The minimum Gasteiger partial charge on any atom is -0.481 e. The number of aliphatic hydroxyl groups is 1. The van der Waals surface area contributed by atoms with E-state index < -0.39 is 23.6 Å². The average molecular weight is 295 g/mol. The standard InChI is InChI=1S/C15H21NO5/c1-4-12(21-11-7-5-6-10(2)8-11)13(17)16-9-15(3,20)14(18)19/h5-8,12,20H,4,9H2,1-3H3,(H,16,17)(H,18,19). The fraction of sp³-hybridized carbons (Fsp3) is 0.467. The van der Waals surface area contributed by atoms with Gasteiger partial charge in [0, 0.05) is 0 Å². The molecule has 0 bridgehead atoms. The van der Waals surface area contributed by atoms with E-state index in [9.17, 15) is 14.7 Å². The normalized spacial score (nSPS) is 14.9. The van der Waals surface area contributed by atoms with E-state index in [4.69, 9.17) is 9.84 Å². The second-order valence-electron chi connectivity index (χ2n) is 5.13. The summed E-state index contributed by atoms with van der Waals surface area (Å²) in [6.07, 6.45) is -0.314. The molecule has 0 saturated heterocycles. The number of hydrogen-bond donors (Lipinski definition) is 3. The first kappa shape index (κ1) is 17.0. The van der Waals surface area contributed by atoms with Crippen molar-refractivity contribution in [3.8, 4) is 5.75 Å². The molecule has 2 unspecified atom stereocenters. The third kappa shape index (κ3) is 5.07. The van der Waals surface area contributed by atoms with E-state index in [1.807, 2.05) is 25.1 Å². The maximum absolute atomic E-state index is 12.0. The Morgan fingerprint density at radius 1 is 1.43 bits per heavy atom. The Kier molecular flexibility index (Phi) is 5.72. The van der Waals surface area contributed by atoms with Gasteiger partial charge in [-0.05, 0) is 38.0 Å². The fourth-order valence-corrected chi connectivity index (χ4v) is 1.62. The predicted octanol–water partition coefficient (Wildman–Crippen LogP) is 1.10. The number of aryl methyl sites for hydroxylation is 1. The van der Waals surface area contributed by atoms with Gasteiger partial charge >= 0.3 is 5.97 Å². The zero-order valence-corrected chi connectivity index (χ0v) is 12.4. The summed E-state index contributed by atoms with van der Waals surface area (Å²) in [5.41, 5.74) is -0.992. The lowest BCUT2D eigenvalue weighted by atomic mass is 10.1. The van der Waals surface area contributed by atoms with Crippen LogP contribution in [0.15, 0.2) is 24.3 Å². The Bertz CT molecular complexity index is 513. The van der Waals surface area contributed by atoms with Crippen LogP contribution >= 0.6 is 0 Å². The summed E-state index contributed by atoms with van der Waals surface area (Å²) in [5.74, 6) is -1.28. The van der Waals surface area contributed by atoms with Crippen LogP contribution in [-0.2, 0) is 9.59 Å². The first-order valence-electron chi connectivity index (χ1n) is 6.73. The molecule has 0 aromatic heterocycles. The van der Waals surface area contributed by atoms with Crippen molar-refractivity contribution in [2.45, 2.75) is 38.9 Å². The number of ether oxygens (including phenoxy) is 1. The molecule has 1 aromatic carbocycles. The summed E-state index contributed by atoms with van der Waals surface area (Å²) in [4.78, 5) is 22.8. The molecule has 21 heavy (non-hydrogen) atoms. The van der Waals surface area contributed by atoms with Crippen molar-refractivity contribution < 1.29 is 24.5 Å². The lowest BCUT2D eigenvalue weighted by molar-refractivity contribution is -0.156. The van der Waals surface area contributed by atoms with Crippen LogP contribution in [0.3, 0.4) is 0 Å². The van der Waals surface area contributed by atoms with Gasteiger partial charge in [0.1, 0.15) is 5.75 Å². The lowest BCUT2D eigenvalue weighted by Gasteiger charge is -2.21. The summed E-state index contributed by atoms with van der Waals surface area (Å²) < 4.78 is 5.59. The Hall–Kier alpha value is -2.08. The van der Waals surface area contributed by atoms with Crippen molar-refractivity contribution in [3.63, 3.8) is 0 Å². The minimum absolute atomic E-state index is 0.380. The van der Waals surface area contributed by atoms with Crippen molar-refractivity contribution in [2.75, 3.05) is 6.54 Å². The van der Waals surface area contributed by atoms with Gasteiger partial charge in [0.05, 0.1) is 6.54 Å². The van der Waals surface area contributed by atoms with E-state index in [-0.39, 0.29) is 6.54 Å². The molecule has 0 spiro atoms. The fourth-order valence-electron chi connectivity index (χ4n) is 1.62. The highest BCUT2D eigenvalue weighted by atomic mass is 16.5. The highest BCUT2D eigenvalue weighted by Crippen LogP contribution is 2.15. The molecule has 1 amide bonds. The second-order valence-corrected chi connectivity index (χ2v) is 5.13. The van der Waals surface area contributed by atoms with Crippen LogP contribution < -0.4 is 10.1 Å². The molecule has 1 rings (SSSR count). The van der Waals surface area contributed by atoms with E-state index in [0.717, 1.165) is 12.5 Å². The molecule has 0 fully saturated rings. The number of carboxylic acid groups (broad SMARTS) is 1. The highest BCUT2D eigenvalue weighted by molar-refractivity contribution is 5.83. The number of hydrogen-bond acceptors (Lipinski definition) is 4. The summed E-state index contributed by atoms with van der Waals surface area (Å²) in [6, 6.07) is 7.29. The van der Waals surface area contributed by atoms with E-state index in [1.165, 1.54) is 0 Å². The summed E-state index contributed by atoms with van der Waals surface area (Å²) in [5, 5.41) is 20.7. The average Bonchev–Trinajstić information content (AvgIpc) is 2.42. The number of benzene rings is 1. The number of nitrogens with one attached hydrogen (secondary N) is 1. The molecule has 0 heterocycles. The van der Waals surface area contributed by atoms with Gasteiger partial charge in [0.2, 0.25) is 0 Å². The third-order valence-corrected chi connectivity index (χ3v) is 3.00. The molecule has 6 heteroatoms. The van der Waals surface area contributed by atoms with Crippen LogP contribution in [0.4, 0.5) is 0 Å². The van der Waals surface area contributed by atoms with Gasteiger partial charge in [-0.15, -0.1) is 0 Å². The number of carbonyl (C=O) groups excluding carboxylic acids is 1. The zero-order chi connectivity index (χ0) is 16.0. The van der Waals surface area contributed by atoms with E-state index in [2.05, 4.69) is 5.32 Å². The Morgan fingerprint density at radius 2 is 2.10 bits per heavy atom. The zero-order valence-electron chi connectivity index (χ0n) is 12.4. The van der Waals surface area contributed by atoms with Crippen LogP contribution in [0.5, 0.6) is 5.75 Å². The molecule has 1 aromatic rings. The molecular weight excluding hydrogens is 274 g/mol. The summed E-state index contributed by atoms with van der Waals surface area (Å²) >= 11 is 0. The van der Waals surface area contributed by atoms with Gasteiger partial charge in [-0.3, -0.25) is 4.79 Å².